The Balaban J connectivity index is 1.83. The van der Waals surface area contributed by atoms with Crippen molar-refractivity contribution >= 4 is 0 Å². The van der Waals surface area contributed by atoms with Crippen LogP contribution in [-0.4, -0.2) is 10.2 Å². The van der Waals surface area contributed by atoms with Gasteiger partial charge in [0.1, 0.15) is 0 Å². The van der Waals surface area contributed by atoms with Gasteiger partial charge in [0, 0.05) is 5.92 Å². The minimum atomic E-state index is -0.469. The lowest BCUT2D eigenvalue weighted by atomic mass is 10.1. The molecule has 1 heterocycles. The van der Waals surface area contributed by atoms with Crippen LogP contribution in [0.25, 0.3) is 0 Å². The minimum absolute atomic E-state index is 0.270. The quantitative estimate of drug-likeness (QED) is 0.805. The van der Waals surface area contributed by atoms with Crippen molar-refractivity contribution < 1.29 is 4.42 Å². The summed E-state index contributed by atoms with van der Waals surface area (Å²) < 4.78 is 4.94. The third-order valence-corrected chi connectivity index (χ3v) is 2.79. The number of aromatic nitrogens is 2. The summed E-state index contributed by atoms with van der Waals surface area (Å²) in [4.78, 5) is 10.8. The predicted octanol–water partition coefficient (Wildman–Crippen LogP) is 1.63. The van der Waals surface area contributed by atoms with Crippen molar-refractivity contribution in [1.82, 2.24) is 10.2 Å². The largest absolute Gasteiger partial charge is 0.434 e. The van der Waals surface area contributed by atoms with Gasteiger partial charge >= 0.3 is 5.76 Å². The van der Waals surface area contributed by atoms with Gasteiger partial charge in [0.25, 0.3) is 0 Å². The van der Waals surface area contributed by atoms with E-state index in [4.69, 9.17) is 4.42 Å². The molecule has 1 aliphatic carbocycles. The highest BCUT2D eigenvalue weighted by molar-refractivity contribution is 5.30. The van der Waals surface area contributed by atoms with Gasteiger partial charge in [0.15, 0.2) is 0 Å². The van der Waals surface area contributed by atoms with Gasteiger partial charge in [-0.25, -0.2) is 9.89 Å². The third kappa shape index (κ3) is 1.48. The van der Waals surface area contributed by atoms with Gasteiger partial charge in [0.2, 0.25) is 5.89 Å². The Bertz CT molecular complexity index is 515. The molecule has 1 fully saturated rings. The van der Waals surface area contributed by atoms with Gasteiger partial charge < -0.3 is 4.42 Å². The summed E-state index contributed by atoms with van der Waals surface area (Å²) in [5, 5.41) is 6.14. The second kappa shape index (κ2) is 3.08. The zero-order valence-electron chi connectivity index (χ0n) is 8.01. The van der Waals surface area contributed by atoms with Gasteiger partial charge in [0.05, 0.1) is 0 Å². The Kier molecular flexibility index (Phi) is 1.74. The van der Waals surface area contributed by atoms with Crippen LogP contribution in [0.2, 0.25) is 0 Å². The second-order valence-electron chi connectivity index (χ2n) is 3.81. The first-order valence-electron chi connectivity index (χ1n) is 4.95. The van der Waals surface area contributed by atoms with Gasteiger partial charge in [-0.15, -0.1) is 5.10 Å². The number of hydrogen-bond donors (Lipinski definition) is 1. The molecule has 76 valence electrons. The molecule has 0 aliphatic heterocycles. The van der Waals surface area contributed by atoms with Crippen molar-refractivity contribution in [2.45, 2.75) is 18.3 Å². The monoisotopic (exact) mass is 202 g/mol. The molecule has 2 aromatic rings. The standard InChI is InChI=1S/C11H10N2O2/c14-11-13-12-10(15-11)9-6-8(9)7-4-2-1-3-5-7/h1-5,8-9H,6H2,(H,13,14)/t8-,9?/m0/s1. The van der Waals surface area contributed by atoms with E-state index in [2.05, 4.69) is 22.3 Å². The lowest BCUT2D eigenvalue weighted by Crippen LogP contribution is -1.93. The fourth-order valence-electron chi connectivity index (χ4n) is 1.94. The van der Waals surface area contributed by atoms with Gasteiger partial charge in [-0.2, -0.15) is 0 Å². The topological polar surface area (TPSA) is 58.9 Å². The molecule has 0 bridgehead atoms. The van der Waals surface area contributed by atoms with Crippen LogP contribution >= 0.6 is 0 Å². The van der Waals surface area contributed by atoms with E-state index in [-0.39, 0.29) is 5.92 Å². The Morgan fingerprint density at radius 2 is 2.07 bits per heavy atom. The molecular formula is C11H10N2O2. The zero-order valence-corrected chi connectivity index (χ0v) is 8.01. The summed E-state index contributed by atoms with van der Waals surface area (Å²) in [7, 11) is 0. The van der Waals surface area contributed by atoms with Crippen LogP contribution in [0.5, 0.6) is 0 Å². The Hall–Kier alpha value is -1.84. The molecule has 1 aromatic heterocycles. The van der Waals surface area contributed by atoms with E-state index in [0.717, 1.165) is 6.42 Å². The highest BCUT2D eigenvalue weighted by Crippen LogP contribution is 2.53. The second-order valence-corrected chi connectivity index (χ2v) is 3.81. The number of rotatable bonds is 2. The van der Waals surface area contributed by atoms with Crippen LogP contribution in [-0.2, 0) is 0 Å². The highest BCUT2D eigenvalue weighted by Gasteiger charge is 2.43. The van der Waals surface area contributed by atoms with E-state index in [1.165, 1.54) is 5.56 Å². The first-order valence-corrected chi connectivity index (χ1v) is 4.95. The summed E-state index contributed by atoms with van der Waals surface area (Å²) in [6.07, 6.45) is 1.01. The molecule has 0 amide bonds. The highest BCUT2D eigenvalue weighted by atomic mass is 16.4. The molecule has 1 N–H and O–H groups in total. The van der Waals surface area contributed by atoms with Crippen LogP contribution in [0.4, 0.5) is 0 Å². The van der Waals surface area contributed by atoms with Crippen LogP contribution in [0, 0.1) is 0 Å². The van der Waals surface area contributed by atoms with Gasteiger partial charge in [-0.3, -0.25) is 0 Å². The first kappa shape index (κ1) is 8.47. The molecule has 0 radical (unpaired) electrons. The molecule has 1 aliphatic rings. The number of aromatic amines is 1. The Morgan fingerprint density at radius 1 is 1.27 bits per heavy atom. The smallest absolute Gasteiger partial charge is 0.392 e. The SMILES string of the molecule is O=c1[nH]nc(C2C[C@H]2c2ccccc2)o1. The van der Waals surface area contributed by atoms with Crippen molar-refractivity contribution in [3.8, 4) is 0 Å². The van der Waals surface area contributed by atoms with Crippen molar-refractivity contribution in [2.24, 2.45) is 0 Å². The first-order chi connectivity index (χ1) is 7.34. The maximum Gasteiger partial charge on any atom is 0.434 e. The predicted molar refractivity (Wildman–Crippen MR) is 53.7 cm³/mol. The Morgan fingerprint density at radius 3 is 2.73 bits per heavy atom. The van der Waals surface area contributed by atoms with Crippen LogP contribution in [0.1, 0.15) is 29.7 Å². The summed E-state index contributed by atoms with van der Waals surface area (Å²) in [6.45, 7) is 0. The summed E-state index contributed by atoms with van der Waals surface area (Å²) in [6, 6.07) is 10.2. The molecule has 0 spiro atoms. The fraction of sp³-hybridized carbons (Fsp3) is 0.273. The van der Waals surface area contributed by atoms with Gasteiger partial charge in [-0.1, -0.05) is 30.3 Å². The number of benzene rings is 1. The van der Waals surface area contributed by atoms with E-state index in [1.807, 2.05) is 18.2 Å². The maximum atomic E-state index is 10.8. The van der Waals surface area contributed by atoms with E-state index < -0.39 is 5.76 Å². The summed E-state index contributed by atoms with van der Waals surface area (Å²) in [5.74, 6) is 0.793. The Labute approximate surface area is 85.9 Å². The molecular weight excluding hydrogens is 192 g/mol. The number of nitrogens with one attached hydrogen (secondary N) is 1. The molecule has 0 saturated heterocycles. The maximum absolute atomic E-state index is 10.8. The minimum Gasteiger partial charge on any atom is -0.392 e. The normalized spacial score (nSPS) is 24.0. The third-order valence-electron chi connectivity index (χ3n) is 2.79. The molecule has 4 heteroatoms. The molecule has 1 saturated carbocycles. The molecule has 3 rings (SSSR count). The van der Waals surface area contributed by atoms with E-state index in [0.29, 0.717) is 11.8 Å². The lowest BCUT2D eigenvalue weighted by Gasteiger charge is -1.95. The summed E-state index contributed by atoms with van der Waals surface area (Å²) >= 11 is 0. The average Bonchev–Trinajstić information content (AvgIpc) is 2.96. The van der Waals surface area contributed by atoms with Crippen molar-refractivity contribution in [2.75, 3.05) is 0 Å². The van der Waals surface area contributed by atoms with Crippen LogP contribution < -0.4 is 5.76 Å². The van der Waals surface area contributed by atoms with E-state index in [9.17, 15) is 4.79 Å². The summed E-state index contributed by atoms with van der Waals surface area (Å²) in [5.41, 5.74) is 1.29. The average molecular weight is 202 g/mol. The van der Waals surface area contributed by atoms with E-state index in [1.54, 1.807) is 0 Å². The zero-order chi connectivity index (χ0) is 10.3. The van der Waals surface area contributed by atoms with E-state index >= 15 is 0 Å². The van der Waals surface area contributed by atoms with Crippen molar-refractivity contribution in [3.63, 3.8) is 0 Å². The fourth-order valence-corrected chi connectivity index (χ4v) is 1.94. The van der Waals surface area contributed by atoms with Gasteiger partial charge in [-0.05, 0) is 17.9 Å². The number of nitrogens with zero attached hydrogens (tertiary/aromatic N) is 1. The molecule has 2 atom stereocenters. The lowest BCUT2D eigenvalue weighted by molar-refractivity contribution is 0.461. The number of hydrogen-bond acceptors (Lipinski definition) is 3. The van der Waals surface area contributed by atoms with Crippen molar-refractivity contribution in [1.29, 1.82) is 0 Å². The van der Waals surface area contributed by atoms with Crippen molar-refractivity contribution in [3.05, 3.63) is 52.3 Å². The number of H-pyrrole nitrogens is 1. The molecule has 1 aromatic carbocycles. The molecule has 1 unspecified atom stereocenters. The van der Waals surface area contributed by atoms with Crippen LogP contribution in [0.15, 0.2) is 39.5 Å². The molecule has 4 nitrogen and oxygen atoms in total. The molecule has 15 heavy (non-hydrogen) atoms. The van der Waals surface area contributed by atoms with Crippen LogP contribution in [0.3, 0.4) is 0 Å².